The molecule has 0 aliphatic heterocycles. The average molecular weight is 310 g/mol. The Hall–Kier alpha value is -2.70. The lowest BCUT2D eigenvalue weighted by atomic mass is 10.2. The number of hydrogen-bond acceptors (Lipinski definition) is 3. The molecule has 0 fully saturated rings. The summed E-state index contributed by atoms with van der Waals surface area (Å²) < 4.78 is 44.2. The van der Waals surface area contributed by atoms with E-state index in [0.29, 0.717) is 11.4 Å². The topological polar surface area (TPSA) is 50.4 Å². The van der Waals surface area contributed by atoms with Crippen LogP contribution in [0.25, 0.3) is 0 Å². The zero-order valence-corrected chi connectivity index (χ0v) is 11.6. The Bertz CT molecular complexity index is 692. The number of amides is 1. The number of nitrogens with one attached hydrogen (secondary N) is 2. The van der Waals surface area contributed by atoms with Crippen LogP contribution in [0.1, 0.15) is 0 Å². The maximum Gasteiger partial charge on any atom is 0.243 e. The van der Waals surface area contributed by atoms with E-state index < -0.39 is 23.4 Å². The molecule has 0 bridgehead atoms. The first-order valence-corrected chi connectivity index (χ1v) is 6.32. The summed E-state index contributed by atoms with van der Waals surface area (Å²) in [5.74, 6) is -4.15. The van der Waals surface area contributed by atoms with Gasteiger partial charge in [-0.15, -0.1) is 0 Å². The van der Waals surface area contributed by atoms with E-state index >= 15 is 0 Å². The van der Waals surface area contributed by atoms with E-state index in [1.807, 2.05) is 0 Å². The molecule has 0 radical (unpaired) electrons. The molecule has 0 unspecified atom stereocenters. The Morgan fingerprint density at radius 2 is 1.91 bits per heavy atom. The molecule has 2 aromatic carbocycles. The van der Waals surface area contributed by atoms with E-state index in [2.05, 4.69) is 10.6 Å². The van der Waals surface area contributed by atoms with Crippen LogP contribution in [0.5, 0.6) is 5.75 Å². The van der Waals surface area contributed by atoms with Gasteiger partial charge < -0.3 is 15.4 Å². The Morgan fingerprint density at radius 1 is 1.14 bits per heavy atom. The van der Waals surface area contributed by atoms with Crippen molar-refractivity contribution in [3.63, 3.8) is 0 Å². The van der Waals surface area contributed by atoms with E-state index in [1.54, 1.807) is 24.3 Å². The molecule has 0 spiro atoms. The van der Waals surface area contributed by atoms with Gasteiger partial charge in [-0.2, -0.15) is 0 Å². The van der Waals surface area contributed by atoms with Crippen molar-refractivity contribution < 1.29 is 22.7 Å². The fourth-order valence-corrected chi connectivity index (χ4v) is 1.74. The van der Waals surface area contributed by atoms with Crippen molar-refractivity contribution in [1.29, 1.82) is 0 Å². The van der Waals surface area contributed by atoms with Crippen LogP contribution in [0.15, 0.2) is 36.4 Å². The molecule has 7 heteroatoms. The zero-order chi connectivity index (χ0) is 16.1. The van der Waals surface area contributed by atoms with E-state index in [4.69, 9.17) is 4.74 Å². The predicted octanol–water partition coefficient (Wildman–Crippen LogP) is 3.16. The number of halogens is 3. The van der Waals surface area contributed by atoms with Gasteiger partial charge in [0.25, 0.3) is 0 Å². The summed E-state index contributed by atoms with van der Waals surface area (Å²) in [4.78, 5) is 11.7. The number of hydrogen-bond donors (Lipinski definition) is 2. The third-order valence-electron chi connectivity index (χ3n) is 2.83. The first kappa shape index (κ1) is 15.7. The van der Waals surface area contributed by atoms with Crippen LogP contribution in [0.2, 0.25) is 0 Å². The van der Waals surface area contributed by atoms with Crippen LogP contribution < -0.4 is 15.4 Å². The highest BCUT2D eigenvalue weighted by molar-refractivity contribution is 5.93. The molecule has 0 saturated heterocycles. The summed E-state index contributed by atoms with van der Waals surface area (Å²) >= 11 is 0. The number of carbonyl (C=O) groups excluding carboxylic acids is 1. The standard InChI is InChI=1S/C15H13F3N2O2/c1-22-10-4-2-3-9(7-10)20-13(21)8-19-12-6-5-11(16)14(17)15(12)18/h2-7,19H,8H2,1H3,(H,20,21). The molecular weight excluding hydrogens is 297 g/mol. The summed E-state index contributed by atoms with van der Waals surface area (Å²) in [5, 5.41) is 4.97. The van der Waals surface area contributed by atoms with Gasteiger partial charge in [0.1, 0.15) is 5.75 Å². The largest absolute Gasteiger partial charge is 0.497 e. The number of ether oxygens (including phenoxy) is 1. The zero-order valence-electron chi connectivity index (χ0n) is 11.6. The first-order chi connectivity index (χ1) is 10.5. The Morgan fingerprint density at radius 3 is 2.64 bits per heavy atom. The van der Waals surface area contributed by atoms with Crippen molar-refractivity contribution in [1.82, 2.24) is 0 Å². The molecule has 0 atom stereocenters. The molecule has 4 nitrogen and oxygen atoms in total. The van der Waals surface area contributed by atoms with Crippen LogP contribution in [0.3, 0.4) is 0 Å². The highest BCUT2D eigenvalue weighted by Crippen LogP contribution is 2.20. The van der Waals surface area contributed by atoms with Gasteiger partial charge in [0.15, 0.2) is 17.5 Å². The van der Waals surface area contributed by atoms with Crippen LogP contribution in [-0.4, -0.2) is 19.6 Å². The fourth-order valence-electron chi connectivity index (χ4n) is 1.74. The van der Waals surface area contributed by atoms with Crippen molar-refractivity contribution in [2.24, 2.45) is 0 Å². The average Bonchev–Trinajstić information content (AvgIpc) is 2.52. The number of rotatable bonds is 5. The van der Waals surface area contributed by atoms with Gasteiger partial charge in [0.2, 0.25) is 5.91 Å². The fraction of sp³-hybridized carbons (Fsp3) is 0.133. The molecule has 2 rings (SSSR count). The second kappa shape index (κ2) is 6.84. The van der Waals surface area contributed by atoms with Crippen molar-refractivity contribution in [2.75, 3.05) is 24.3 Å². The SMILES string of the molecule is COc1cccc(NC(=O)CNc2ccc(F)c(F)c2F)c1. The van der Waals surface area contributed by atoms with E-state index in [1.165, 1.54) is 7.11 Å². The Labute approximate surface area is 124 Å². The van der Waals surface area contributed by atoms with Gasteiger partial charge in [-0.3, -0.25) is 4.79 Å². The lowest BCUT2D eigenvalue weighted by Crippen LogP contribution is -2.22. The quantitative estimate of drug-likeness (QED) is 0.834. The molecule has 0 aliphatic rings. The van der Waals surface area contributed by atoms with Gasteiger partial charge in [-0.05, 0) is 24.3 Å². The predicted molar refractivity (Wildman–Crippen MR) is 76.4 cm³/mol. The first-order valence-electron chi connectivity index (χ1n) is 6.32. The molecule has 22 heavy (non-hydrogen) atoms. The highest BCUT2D eigenvalue weighted by atomic mass is 19.2. The molecular formula is C15H13F3N2O2. The van der Waals surface area contributed by atoms with E-state index in [-0.39, 0.29) is 12.2 Å². The monoisotopic (exact) mass is 310 g/mol. The van der Waals surface area contributed by atoms with Gasteiger partial charge >= 0.3 is 0 Å². The summed E-state index contributed by atoms with van der Waals surface area (Å²) in [6, 6.07) is 8.46. The molecule has 2 aromatic rings. The summed E-state index contributed by atoms with van der Waals surface area (Å²) in [6.07, 6.45) is 0. The van der Waals surface area contributed by atoms with Crippen LogP contribution >= 0.6 is 0 Å². The summed E-state index contributed by atoms with van der Waals surface area (Å²) in [5.41, 5.74) is 0.205. The molecule has 0 saturated carbocycles. The van der Waals surface area contributed by atoms with Crippen molar-refractivity contribution in [3.05, 3.63) is 53.8 Å². The summed E-state index contributed by atoms with van der Waals surface area (Å²) in [7, 11) is 1.49. The van der Waals surface area contributed by atoms with Gasteiger partial charge in [0.05, 0.1) is 19.3 Å². The molecule has 116 valence electrons. The van der Waals surface area contributed by atoms with Crippen molar-refractivity contribution in [2.45, 2.75) is 0 Å². The minimum atomic E-state index is -1.58. The minimum Gasteiger partial charge on any atom is -0.497 e. The van der Waals surface area contributed by atoms with Crippen LogP contribution in [-0.2, 0) is 4.79 Å². The smallest absolute Gasteiger partial charge is 0.243 e. The third-order valence-corrected chi connectivity index (χ3v) is 2.83. The maximum absolute atomic E-state index is 13.4. The molecule has 1 amide bonds. The normalized spacial score (nSPS) is 10.2. The number of carbonyl (C=O) groups is 1. The highest BCUT2D eigenvalue weighted by Gasteiger charge is 2.13. The van der Waals surface area contributed by atoms with Crippen LogP contribution in [0.4, 0.5) is 24.5 Å². The van der Waals surface area contributed by atoms with Gasteiger partial charge in [-0.25, -0.2) is 13.2 Å². The number of methoxy groups -OCH3 is 1. The van der Waals surface area contributed by atoms with Crippen LogP contribution in [0, 0.1) is 17.5 Å². The molecule has 0 aliphatic carbocycles. The van der Waals surface area contributed by atoms with Gasteiger partial charge in [-0.1, -0.05) is 6.07 Å². The van der Waals surface area contributed by atoms with Gasteiger partial charge in [0, 0.05) is 11.8 Å². The number of benzene rings is 2. The Balaban J connectivity index is 1.97. The number of anilines is 2. The van der Waals surface area contributed by atoms with Crippen molar-refractivity contribution >= 4 is 17.3 Å². The molecule has 0 aromatic heterocycles. The van der Waals surface area contributed by atoms with E-state index in [9.17, 15) is 18.0 Å². The molecule has 0 heterocycles. The maximum atomic E-state index is 13.4. The van der Waals surface area contributed by atoms with Crippen molar-refractivity contribution in [3.8, 4) is 5.75 Å². The third kappa shape index (κ3) is 3.69. The lowest BCUT2D eigenvalue weighted by molar-refractivity contribution is -0.114. The van der Waals surface area contributed by atoms with E-state index in [0.717, 1.165) is 12.1 Å². The second-order valence-electron chi connectivity index (χ2n) is 4.36. The Kier molecular flexibility index (Phi) is 4.88. The molecule has 2 N–H and O–H groups in total. The minimum absolute atomic E-state index is 0.292. The lowest BCUT2D eigenvalue weighted by Gasteiger charge is -2.10. The summed E-state index contributed by atoms with van der Waals surface area (Å²) in [6.45, 7) is -0.306. The second-order valence-corrected chi connectivity index (χ2v) is 4.36.